The predicted molar refractivity (Wildman–Crippen MR) is 90.3 cm³/mol. The molecule has 0 aromatic heterocycles. The summed E-state index contributed by atoms with van der Waals surface area (Å²) >= 11 is 0. The van der Waals surface area contributed by atoms with Crippen molar-refractivity contribution in [3.05, 3.63) is 29.8 Å². The Morgan fingerprint density at radius 3 is 2.42 bits per heavy atom. The van der Waals surface area contributed by atoms with Crippen LogP contribution in [0.5, 0.6) is 0 Å². The summed E-state index contributed by atoms with van der Waals surface area (Å²) in [6.07, 6.45) is -4.64. The van der Waals surface area contributed by atoms with Gasteiger partial charge in [-0.2, -0.15) is 13.2 Å². The van der Waals surface area contributed by atoms with Crippen LogP contribution in [0.15, 0.2) is 29.2 Å². The number of fused-ring (bicyclic) bond motifs is 1. The maximum atomic E-state index is 12.7. The maximum Gasteiger partial charge on any atom is 0.416 e. The number of nitrogens with one attached hydrogen (secondary N) is 2. The first-order chi connectivity index (χ1) is 11.7. The first kappa shape index (κ1) is 20.9. The third kappa shape index (κ3) is 4.48. The van der Waals surface area contributed by atoms with Crippen molar-refractivity contribution >= 4 is 28.3 Å². The normalized spacial score (nSPS) is 22.8. The van der Waals surface area contributed by atoms with Crippen LogP contribution in [-0.4, -0.2) is 51.9 Å². The number of hydrogen-bond acceptors (Lipinski definition) is 4. The van der Waals surface area contributed by atoms with E-state index in [0.717, 1.165) is 31.3 Å². The second-order valence-corrected chi connectivity index (χ2v) is 8.09. The number of halogens is 4. The molecule has 1 aromatic rings. The van der Waals surface area contributed by atoms with Gasteiger partial charge in [0.1, 0.15) is 0 Å². The van der Waals surface area contributed by atoms with E-state index in [1.54, 1.807) is 4.90 Å². The van der Waals surface area contributed by atoms with Gasteiger partial charge in [-0.3, -0.25) is 4.79 Å². The van der Waals surface area contributed by atoms with Gasteiger partial charge in [0.25, 0.3) is 0 Å². The molecule has 3 rings (SSSR count). The second kappa shape index (κ2) is 7.71. The van der Waals surface area contributed by atoms with E-state index >= 15 is 0 Å². The lowest BCUT2D eigenvalue weighted by atomic mass is 10.0. The molecule has 2 aliphatic heterocycles. The average molecular weight is 414 g/mol. The molecule has 2 heterocycles. The Labute approximate surface area is 155 Å². The number of rotatable bonds is 4. The van der Waals surface area contributed by atoms with Gasteiger partial charge in [-0.1, -0.05) is 6.07 Å². The summed E-state index contributed by atoms with van der Waals surface area (Å²) in [5.74, 6) is 0.387. The minimum atomic E-state index is -4.64. The van der Waals surface area contributed by atoms with E-state index in [1.807, 2.05) is 0 Å². The van der Waals surface area contributed by atoms with Crippen LogP contribution in [0.25, 0.3) is 0 Å². The van der Waals surface area contributed by atoms with Crippen molar-refractivity contribution in [3.8, 4) is 0 Å². The zero-order valence-corrected chi connectivity index (χ0v) is 15.3. The van der Waals surface area contributed by atoms with Crippen molar-refractivity contribution in [2.45, 2.75) is 11.1 Å². The molecule has 2 atom stereocenters. The molecule has 11 heteroatoms. The lowest BCUT2D eigenvalue weighted by Crippen LogP contribution is -2.40. The quantitative estimate of drug-likeness (QED) is 0.774. The molecule has 2 fully saturated rings. The number of likely N-dealkylation sites (tertiary alicyclic amines) is 1. The highest BCUT2D eigenvalue weighted by Gasteiger charge is 2.38. The molecule has 146 valence electrons. The molecule has 2 aliphatic rings. The summed E-state index contributed by atoms with van der Waals surface area (Å²) in [5.41, 5.74) is -1.05. The SMILES string of the molecule is Cl.O=C(CNS(=O)(=O)c1cccc(C(F)(F)F)c1)N1C[C@H]2CNC[C@H]2C1. The van der Waals surface area contributed by atoms with Crippen LogP contribution in [0.3, 0.4) is 0 Å². The number of hydrogen-bond donors (Lipinski definition) is 2. The molecular formula is C15H19ClF3N3O3S. The summed E-state index contributed by atoms with van der Waals surface area (Å²) in [6.45, 7) is 2.35. The van der Waals surface area contributed by atoms with Crippen molar-refractivity contribution in [2.24, 2.45) is 11.8 Å². The van der Waals surface area contributed by atoms with Crippen LogP contribution in [-0.2, 0) is 21.0 Å². The molecule has 0 spiro atoms. The Balaban J connectivity index is 0.00000243. The van der Waals surface area contributed by atoms with E-state index in [0.29, 0.717) is 31.0 Å². The summed E-state index contributed by atoms with van der Waals surface area (Å²) in [4.78, 5) is 13.3. The van der Waals surface area contributed by atoms with Crippen molar-refractivity contribution in [1.82, 2.24) is 14.9 Å². The van der Waals surface area contributed by atoms with E-state index in [9.17, 15) is 26.4 Å². The van der Waals surface area contributed by atoms with Crippen molar-refractivity contribution in [2.75, 3.05) is 32.7 Å². The van der Waals surface area contributed by atoms with E-state index in [-0.39, 0.29) is 18.3 Å². The number of sulfonamides is 1. The highest BCUT2D eigenvalue weighted by molar-refractivity contribution is 7.89. The zero-order chi connectivity index (χ0) is 18.2. The number of amides is 1. The maximum absolute atomic E-state index is 12.7. The van der Waals surface area contributed by atoms with E-state index in [1.165, 1.54) is 0 Å². The second-order valence-electron chi connectivity index (χ2n) is 6.33. The van der Waals surface area contributed by atoms with Crippen LogP contribution < -0.4 is 10.0 Å². The van der Waals surface area contributed by atoms with Gasteiger partial charge >= 0.3 is 6.18 Å². The minimum Gasteiger partial charge on any atom is -0.341 e. The van der Waals surface area contributed by atoms with Gasteiger partial charge in [-0.05, 0) is 30.0 Å². The van der Waals surface area contributed by atoms with E-state index in [2.05, 4.69) is 10.0 Å². The number of nitrogens with zero attached hydrogens (tertiary/aromatic N) is 1. The van der Waals surface area contributed by atoms with Crippen LogP contribution in [0.2, 0.25) is 0 Å². The lowest BCUT2D eigenvalue weighted by Gasteiger charge is -2.18. The van der Waals surface area contributed by atoms with Gasteiger partial charge in [-0.25, -0.2) is 13.1 Å². The molecule has 2 saturated heterocycles. The molecule has 0 unspecified atom stereocenters. The Kier molecular flexibility index (Phi) is 6.21. The molecule has 0 bridgehead atoms. The Hall–Kier alpha value is -1.36. The first-order valence-corrected chi connectivity index (χ1v) is 9.30. The van der Waals surface area contributed by atoms with Gasteiger partial charge in [0, 0.05) is 26.2 Å². The average Bonchev–Trinajstić information content (AvgIpc) is 3.13. The van der Waals surface area contributed by atoms with E-state index in [4.69, 9.17) is 0 Å². The Morgan fingerprint density at radius 2 is 1.85 bits per heavy atom. The summed E-state index contributed by atoms with van der Waals surface area (Å²) in [6, 6.07) is 3.43. The van der Waals surface area contributed by atoms with Gasteiger partial charge in [0.15, 0.2) is 0 Å². The smallest absolute Gasteiger partial charge is 0.341 e. The molecule has 0 saturated carbocycles. The molecule has 0 radical (unpaired) electrons. The fraction of sp³-hybridized carbons (Fsp3) is 0.533. The third-order valence-electron chi connectivity index (χ3n) is 4.63. The lowest BCUT2D eigenvalue weighted by molar-refractivity contribution is -0.137. The molecule has 0 aliphatic carbocycles. The molecule has 6 nitrogen and oxygen atoms in total. The number of benzene rings is 1. The summed E-state index contributed by atoms with van der Waals surface area (Å²) in [7, 11) is -4.20. The summed E-state index contributed by atoms with van der Waals surface area (Å²) in [5, 5.41) is 3.24. The Bertz CT molecular complexity index is 761. The topological polar surface area (TPSA) is 78.5 Å². The molecule has 2 N–H and O–H groups in total. The Morgan fingerprint density at radius 1 is 1.23 bits per heavy atom. The minimum absolute atomic E-state index is 0. The van der Waals surface area contributed by atoms with Gasteiger partial charge in [0.2, 0.25) is 15.9 Å². The number of carbonyl (C=O) groups is 1. The number of alkyl halides is 3. The highest BCUT2D eigenvalue weighted by atomic mass is 35.5. The van der Waals surface area contributed by atoms with E-state index < -0.39 is 33.2 Å². The highest BCUT2D eigenvalue weighted by Crippen LogP contribution is 2.30. The van der Waals surface area contributed by atoms with Crippen molar-refractivity contribution in [3.63, 3.8) is 0 Å². The van der Waals surface area contributed by atoms with Gasteiger partial charge < -0.3 is 10.2 Å². The fourth-order valence-electron chi connectivity index (χ4n) is 3.25. The van der Waals surface area contributed by atoms with Crippen LogP contribution in [0, 0.1) is 11.8 Å². The van der Waals surface area contributed by atoms with Gasteiger partial charge in [-0.15, -0.1) is 12.4 Å². The first-order valence-electron chi connectivity index (χ1n) is 7.82. The number of carbonyl (C=O) groups excluding carboxylic acids is 1. The van der Waals surface area contributed by atoms with Gasteiger partial charge in [0.05, 0.1) is 17.0 Å². The van der Waals surface area contributed by atoms with Crippen LogP contribution in [0.4, 0.5) is 13.2 Å². The molecular weight excluding hydrogens is 395 g/mol. The molecule has 26 heavy (non-hydrogen) atoms. The summed E-state index contributed by atoms with van der Waals surface area (Å²) < 4.78 is 64.5. The zero-order valence-electron chi connectivity index (χ0n) is 13.6. The van der Waals surface area contributed by atoms with Crippen LogP contribution >= 0.6 is 12.4 Å². The van der Waals surface area contributed by atoms with Crippen LogP contribution in [0.1, 0.15) is 5.56 Å². The molecule has 1 amide bonds. The standard InChI is InChI=1S/C15H18F3N3O3S.ClH/c16-15(17,18)12-2-1-3-13(4-12)25(23,24)20-7-14(22)21-8-10-5-19-6-11(10)9-21;/h1-4,10-11,19-20H,5-9H2;1H/t10-,11+;. The third-order valence-corrected chi connectivity index (χ3v) is 6.03. The fourth-order valence-corrected chi connectivity index (χ4v) is 4.27. The van der Waals surface area contributed by atoms with Crippen molar-refractivity contribution < 1.29 is 26.4 Å². The molecule has 1 aromatic carbocycles. The predicted octanol–water partition coefficient (Wildman–Crippen LogP) is 1.08. The monoisotopic (exact) mass is 413 g/mol. The van der Waals surface area contributed by atoms with Crippen molar-refractivity contribution in [1.29, 1.82) is 0 Å². The largest absolute Gasteiger partial charge is 0.416 e.